The summed E-state index contributed by atoms with van der Waals surface area (Å²) in [7, 11) is 0. The Hall–Kier alpha value is -1.46. The molecule has 0 aliphatic carbocycles. The van der Waals surface area contributed by atoms with Crippen molar-refractivity contribution < 1.29 is 14.7 Å². The summed E-state index contributed by atoms with van der Waals surface area (Å²) in [5.74, 6) is -0.820. The topological polar surface area (TPSA) is 78.4 Å². The van der Waals surface area contributed by atoms with Gasteiger partial charge in [-0.1, -0.05) is 30.1 Å². The molecule has 5 nitrogen and oxygen atoms in total. The maximum Gasteiger partial charge on any atom is 0.243 e. The maximum absolute atomic E-state index is 11.6. The molecule has 0 bridgehead atoms. The van der Waals surface area contributed by atoms with Crippen LogP contribution in [-0.2, 0) is 9.59 Å². The molecule has 0 aliphatic heterocycles. The van der Waals surface area contributed by atoms with Gasteiger partial charge in [0.2, 0.25) is 11.8 Å². The van der Waals surface area contributed by atoms with Crippen molar-refractivity contribution in [1.82, 2.24) is 5.32 Å². The van der Waals surface area contributed by atoms with Gasteiger partial charge in [-0.3, -0.25) is 9.59 Å². The molecule has 0 aliphatic rings. The van der Waals surface area contributed by atoms with Crippen LogP contribution in [0, 0.1) is 0 Å². The molecule has 0 unspecified atom stereocenters. The second-order valence-electron chi connectivity index (χ2n) is 3.86. The minimum absolute atomic E-state index is 0.0396. The number of amides is 2. The van der Waals surface area contributed by atoms with E-state index < -0.39 is 5.91 Å². The first-order chi connectivity index (χ1) is 8.93. The highest BCUT2D eigenvalue weighted by atomic mass is 35.5. The van der Waals surface area contributed by atoms with Crippen LogP contribution in [0.15, 0.2) is 12.1 Å². The van der Waals surface area contributed by atoms with Crippen LogP contribution in [0.2, 0.25) is 10.0 Å². The van der Waals surface area contributed by atoms with Gasteiger partial charge in [0.05, 0.1) is 16.6 Å². The van der Waals surface area contributed by atoms with Gasteiger partial charge in [-0.2, -0.15) is 0 Å². The molecule has 0 aromatic heterocycles. The summed E-state index contributed by atoms with van der Waals surface area (Å²) in [4.78, 5) is 22.7. The fraction of sp³-hybridized carbons (Fsp3) is 0.333. The highest BCUT2D eigenvalue weighted by Gasteiger charge is 2.09. The average molecular weight is 305 g/mol. The number of carbonyl (C=O) groups excluding carboxylic acids is 2. The lowest BCUT2D eigenvalue weighted by atomic mass is 10.3. The molecule has 7 heteroatoms. The molecule has 19 heavy (non-hydrogen) atoms. The third kappa shape index (κ3) is 4.96. The zero-order valence-corrected chi connectivity index (χ0v) is 11.8. The van der Waals surface area contributed by atoms with E-state index in [1.807, 2.05) is 6.92 Å². The minimum Gasteiger partial charge on any atom is -0.505 e. The quantitative estimate of drug-likeness (QED) is 0.732. The third-order valence-electron chi connectivity index (χ3n) is 2.22. The lowest BCUT2D eigenvalue weighted by Gasteiger charge is -2.08. The molecule has 2 amide bonds. The van der Waals surface area contributed by atoms with Crippen LogP contribution in [0.5, 0.6) is 5.75 Å². The van der Waals surface area contributed by atoms with Crippen molar-refractivity contribution in [2.45, 2.75) is 19.8 Å². The summed E-state index contributed by atoms with van der Waals surface area (Å²) >= 11 is 11.4. The summed E-state index contributed by atoms with van der Waals surface area (Å²) in [5, 5.41) is 14.4. The van der Waals surface area contributed by atoms with E-state index in [2.05, 4.69) is 10.6 Å². The molecule has 0 radical (unpaired) electrons. The molecular formula is C12H14Cl2N2O3. The van der Waals surface area contributed by atoms with Gasteiger partial charge in [0.25, 0.3) is 0 Å². The van der Waals surface area contributed by atoms with Crippen LogP contribution in [0.1, 0.15) is 19.8 Å². The van der Waals surface area contributed by atoms with Crippen molar-refractivity contribution in [3.8, 4) is 5.75 Å². The van der Waals surface area contributed by atoms with Crippen LogP contribution in [0.3, 0.4) is 0 Å². The summed E-state index contributed by atoms with van der Waals surface area (Å²) < 4.78 is 0. The van der Waals surface area contributed by atoms with Gasteiger partial charge in [0.15, 0.2) is 5.75 Å². The van der Waals surface area contributed by atoms with E-state index in [9.17, 15) is 14.7 Å². The van der Waals surface area contributed by atoms with Crippen molar-refractivity contribution >= 4 is 40.7 Å². The number of aromatic hydroxyl groups is 1. The van der Waals surface area contributed by atoms with E-state index >= 15 is 0 Å². The van der Waals surface area contributed by atoms with Crippen molar-refractivity contribution in [3.63, 3.8) is 0 Å². The van der Waals surface area contributed by atoms with Gasteiger partial charge in [-0.15, -0.1) is 0 Å². The SMILES string of the molecule is CCCC(=O)NCC(=O)Nc1cc(Cl)c(O)c(Cl)c1. The number of anilines is 1. The second kappa shape index (κ2) is 7.21. The number of rotatable bonds is 5. The van der Waals surface area contributed by atoms with Gasteiger partial charge < -0.3 is 15.7 Å². The van der Waals surface area contributed by atoms with E-state index in [1.165, 1.54) is 12.1 Å². The number of benzene rings is 1. The van der Waals surface area contributed by atoms with Gasteiger partial charge in [0.1, 0.15) is 0 Å². The molecular weight excluding hydrogens is 291 g/mol. The number of hydrogen-bond donors (Lipinski definition) is 3. The highest BCUT2D eigenvalue weighted by Crippen LogP contribution is 2.34. The lowest BCUT2D eigenvalue weighted by molar-refractivity contribution is -0.124. The van der Waals surface area contributed by atoms with Crippen LogP contribution < -0.4 is 10.6 Å². The van der Waals surface area contributed by atoms with E-state index in [1.54, 1.807) is 0 Å². The van der Waals surface area contributed by atoms with Crippen molar-refractivity contribution in [1.29, 1.82) is 0 Å². The van der Waals surface area contributed by atoms with Crippen LogP contribution in [0.4, 0.5) is 5.69 Å². The van der Waals surface area contributed by atoms with Gasteiger partial charge in [-0.25, -0.2) is 0 Å². The normalized spacial score (nSPS) is 10.1. The second-order valence-corrected chi connectivity index (χ2v) is 4.68. The summed E-state index contributed by atoms with van der Waals surface area (Å²) in [6.45, 7) is 1.75. The van der Waals surface area contributed by atoms with Crippen molar-refractivity contribution in [2.75, 3.05) is 11.9 Å². The molecule has 0 saturated heterocycles. The van der Waals surface area contributed by atoms with Gasteiger partial charge in [-0.05, 0) is 18.6 Å². The lowest BCUT2D eigenvalue weighted by Crippen LogP contribution is -2.32. The molecule has 1 rings (SSSR count). The third-order valence-corrected chi connectivity index (χ3v) is 2.80. The molecule has 0 saturated carbocycles. The molecule has 0 heterocycles. The zero-order chi connectivity index (χ0) is 14.4. The van der Waals surface area contributed by atoms with Gasteiger partial charge in [0, 0.05) is 12.1 Å². The molecule has 1 aromatic rings. The maximum atomic E-state index is 11.6. The van der Waals surface area contributed by atoms with Crippen LogP contribution >= 0.6 is 23.2 Å². The van der Waals surface area contributed by atoms with Crippen molar-refractivity contribution in [2.24, 2.45) is 0 Å². The number of phenols is 1. The minimum atomic E-state index is -0.401. The number of halogens is 2. The van der Waals surface area contributed by atoms with E-state index in [0.29, 0.717) is 12.1 Å². The molecule has 3 N–H and O–H groups in total. The Balaban J connectivity index is 2.55. The first-order valence-corrected chi connectivity index (χ1v) is 6.44. The van der Waals surface area contributed by atoms with E-state index in [0.717, 1.165) is 6.42 Å². The monoisotopic (exact) mass is 304 g/mol. The molecule has 0 spiro atoms. The van der Waals surface area contributed by atoms with E-state index in [4.69, 9.17) is 23.2 Å². The Morgan fingerprint density at radius 3 is 2.32 bits per heavy atom. The summed E-state index contributed by atoms with van der Waals surface area (Å²) in [6.07, 6.45) is 1.10. The fourth-order valence-electron chi connectivity index (χ4n) is 1.34. The first-order valence-electron chi connectivity index (χ1n) is 5.68. The number of phenolic OH excluding ortho intramolecular Hbond substituents is 1. The Morgan fingerprint density at radius 1 is 1.21 bits per heavy atom. The number of carbonyl (C=O) groups is 2. The Morgan fingerprint density at radius 2 is 1.79 bits per heavy atom. The molecule has 0 atom stereocenters. The van der Waals surface area contributed by atoms with Crippen molar-refractivity contribution in [3.05, 3.63) is 22.2 Å². The predicted octanol–water partition coefficient (Wildman–Crippen LogP) is 2.55. The highest BCUT2D eigenvalue weighted by molar-refractivity contribution is 6.37. The smallest absolute Gasteiger partial charge is 0.243 e. The number of hydrogen-bond acceptors (Lipinski definition) is 3. The van der Waals surface area contributed by atoms with E-state index in [-0.39, 0.29) is 28.2 Å². The predicted molar refractivity (Wildman–Crippen MR) is 74.7 cm³/mol. The Bertz CT molecular complexity index is 469. The summed E-state index contributed by atoms with van der Waals surface area (Å²) in [6, 6.07) is 2.74. The number of nitrogens with one attached hydrogen (secondary N) is 2. The summed E-state index contributed by atoms with van der Waals surface area (Å²) in [5.41, 5.74) is 0.350. The first kappa shape index (κ1) is 15.6. The largest absolute Gasteiger partial charge is 0.505 e. The Kier molecular flexibility index (Phi) is 5.92. The average Bonchev–Trinajstić information content (AvgIpc) is 2.34. The fourth-order valence-corrected chi connectivity index (χ4v) is 1.82. The van der Waals surface area contributed by atoms with Crippen LogP contribution in [-0.4, -0.2) is 23.5 Å². The van der Waals surface area contributed by atoms with Gasteiger partial charge >= 0.3 is 0 Å². The Labute approximate surface area is 120 Å². The standard InChI is InChI=1S/C12H14Cl2N2O3/c1-2-3-10(17)15-6-11(18)16-7-4-8(13)12(19)9(14)5-7/h4-5,19H,2-3,6H2,1H3,(H,15,17)(H,16,18). The molecule has 0 fully saturated rings. The zero-order valence-electron chi connectivity index (χ0n) is 10.3. The molecule has 1 aromatic carbocycles. The van der Waals surface area contributed by atoms with Crippen LogP contribution in [0.25, 0.3) is 0 Å². The molecule has 104 valence electrons.